The molecule has 7 nitrogen and oxygen atoms in total. The van der Waals surface area contributed by atoms with Gasteiger partial charge in [-0.05, 0) is 67.8 Å². The minimum Gasteiger partial charge on any atom is -0.454 e. The van der Waals surface area contributed by atoms with Crippen molar-refractivity contribution < 1.29 is 22.7 Å². The molecule has 32 heavy (non-hydrogen) atoms. The molecule has 2 aliphatic rings. The second kappa shape index (κ2) is 7.87. The molecule has 0 saturated heterocycles. The smallest absolute Gasteiger partial charge is 0.264 e. The highest BCUT2D eigenvalue weighted by atomic mass is 32.2. The Hall–Kier alpha value is -3.52. The zero-order chi connectivity index (χ0) is 22.3. The zero-order valence-corrected chi connectivity index (χ0v) is 18.3. The van der Waals surface area contributed by atoms with Crippen LogP contribution >= 0.6 is 0 Å². The largest absolute Gasteiger partial charge is 0.454 e. The van der Waals surface area contributed by atoms with Gasteiger partial charge in [0.1, 0.15) is 0 Å². The van der Waals surface area contributed by atoms with Crippen molar-refractivity contribution in [2.75, 3.05) is 23.0 Å². The van der Waals surface area contributed by atoms with Gasteiger partial charge in [0.2, 0.25) is 6.79 Å². The van der Waals surface area contributed by atoms with Crippen LogP contribution in [0.25, 0.3) is 0 Å². The SMILES string of the molecule is Cc1ccc(S(=O)(=O)N2CCCc3ccc(NC(=O)c4ccc5c(c4)OCO5)cc32)cc1. The summed E-state index contributed by atoms with van der Waals surface area (Å²) in [6.45, 7) is 2.45. The van der Waals surface area contributed by atoms with E-state index in [9.17, 15) is 13.2 Å². The van der Waals surface area contributed by atoms with Gasteiger partial charge in [-0.3, -0.25) is 9.10 Å². The second-order valence-corrected chi connectivity index (χ2v) is 9.72. The highest BCUT2D eigenvalue weighted by Crippen LogP contribution is 2.35. The molecule has 8 heteroatoms. The normalized spacial score (nSPS) is 14.7. The Morgan fingerprint density at radius 1 is 0.969 bits per heavy atom. The number of amides is 1. The molecule has 0 aliphatic carbocycles. The molecule has 2 heterocycles. The van der Waals surface area contributed by atoms with E-state index in [1.165, 1.54) is 4.31 Å². The summed E-state index contributed by atoms with van der Waals surface area (Å²) in [5.41, 5.74) is 3.48. The van der Waals surface area contributed by atoms with Crippen LogP contribution in [0.5, 0.6) is 11.5 Å². The number of hydrogen-bond acceptors (Lipinski definition) is 5. The summed E-state index contributed by atoms with van der Waals surface area (Å²) in [5, 5.41) is 2.86. The molecule has 0 bridgehead atoms. The lowest BCUT2D eigenvalue weighted by atomic mass is 10.0. The van der Waals surface area contributed by atoms with Gasteiger partial charge in [-0.1, -0.05) is 23.8 Å². The molecule has 1 N–H and O–H groups in total. The maximum Gasteiger partial charge on any atom is 0.264 e. The van der Waals surface area contributed by atoms with Gasteiger partial charge in [0.25, 0.3) is 15.9 Å². The third kappa shape index (κ3) is 3.67. The average molecular weight is 451 g/mol. The van der Waals surface area contributed by atoms with Crippen molar-refractivity contribution in [3.8, 4) is 11.5 Å². The topological polar surface area (TPSA) is 84.9 Å². The number of rotatable bonds is 4. The summed E-state index contributed by atoms with van der Waals surface area (Å²) in [7, 11) is -3.71. The third-order valence-electron chi connectivity index (χ3n) is 5.66. The molecule has 3 aromatic carbocycles. The van der Waals surface area contributed by atoms with Crippen LogP contribution in [-0.2, 0) is 16.4 Å². The molecular weight excluding hydrogens is 428 g/mol. The maximum atomic E-state index is 13.3. The predicted octanol–water partition coefficient (Wildman–Crippen LogP) is 4.12. The van der Waals surface area contributed by atoms with Crippen LogP contribution in [-0.4, -0.2) is 27.7 Å². The molecule has 5 rings (SSSR count). The molecule has 0 saturated carbocycles. The molecule has 164 valence electrons. The number of nitrogens with one attached hydrogen (secondary N) is 1. The first-order valence-corrected chi connectivity index (χ1v) is 11.8. The first-order valence-electron chi connectivity index (χ1n) is 10.4. The van der Waals surface area contributed by atoms with Crippen LogP contribution in [0.15, 0.2) is 65.6 Å². The quantitative estimate of drug-likeness (QED) is 0.646. The van der Waals surface area contributed by atoms with E-state index in [1.54, 1.807) is 54.6 Å². The fourth-order valence-electron chi connectivity index (χ4n) is 3.95. The Balaban J connectivity index is 1.44. The van der Waals surface area contributed by atoms with E-state index in [0.29, 0.717) is 35.0 Å². The van der Waals surface area contributed by atoms with E-state index >= 15 is 0 Å². The molecule has 1 amide bonds. The van der Waals surface area contributed by atoms with Gasteiger partial charge >= 0.3 is 0 Å². The van der Waals surface area contributed by atoms with Crippen molar-refractivity contribution >= 4 is 27.3 Å². The number of carbonyl (C=O) groups is 1. The van der Waals surface area contributed by atoms with Gasteiger partial charge in [0, 0.05) is 17.8 Å². The second-order valence-electron chi connectivity index (χ2n) is 7.86. The first-order chi connectivity index (χ1) is 15.4. The fraction of sp³-hybridized carbons (Fsp3) is 0.208. The number of benzene rings is 3. The zero-order valence-electron chi connectivity index (χ0n) is 17.5. The Kier molecular flexibility index (Phi) is 5.01. The first kappa shape index (κ1) is 20.4. The summed E-state index contributed by atoms with van der Waals surface area (Å²) in [6, 6.07) is 17.2. The fourth-order valence-corrected chi connectivity index (χ4v) is 5.48. The van der Waals surface area contributed by atoms with Crippen molar-refractivity contribution in [1.82, 2.24) is 0 Å². The number of hydrogen-bond donors (Lipinski definition) is 1. The lowest BCUT2D eigenvalue weighted by Gasteiger charge is -2.31. The molecule has 2 aliphatic heterocycles. The Morgan fingerprint density at radius 3 is 2.56 bits per heavy atom. The highest BCUT2D eigenvalue weighted by Gasteiger charge is 2.29. The molecule has 0 radical (unpaired) electrons. The van der Waals surface area contributed by atoms with Crippen LogP contribution in [0.4, 0.5) is 11.4 Å². The van der Waals surface area contributed by atoms with Gasteiger partial charge in [-0.2, -0.15) is 0 Å². The van der Waals surface area contributed by atoms with Crippen molar-refractivity contribution in [3.63, 3.8) is 0 Å². The van der Waals surface area contributed by atoms with Crippen LogP contribution in [0, 0.1) is 6.92 Å². The molecule has 0 fully saturated rings. The minimum atomic E-state index is -3.71. The lowest BCUT2D eigenvalue weighted by Crippen LogP contribution is -2.35. The number of fused-ring (bicyclic) bond motifs is 2. The number of sulfonamides is 1. The lowest BCUT2D eigenvalue weighted by molar-refractivity contribution is 0.102. The molecule has 0 atom stereocenters. The Labute approximate surface area is 186 Å². The van der Waals surface area contributed by atoms with Crippen molar-refractivity contribution in [2.45, 2.75) is 24.7 Å². The summed E-state index contributed by atoms with van der Waals surface area (Å²) in [6.07, 6.45) is 1.52. The van der Waals surface area contributed by atoms with E-state index in [4.69, 9.17) is 9.47 Å². The van der Waals surface area contributed by atoms with Gasteiger partial charge in [-0.15, -0.1) is 0 Å². The predicted molar refractivity (Wildman–Crippen MR) is 121 cm³/mol. The van der Waals surface area contributed by atoms with E-state index in [1.807, 2.05) is 13.0 Å². The third-order valence-corrected chi connectivity index (χ3v) is 7.49. The Bertz CT molecular complexity index is 1300. The van der Waals surface area contributed by atoms with Crippen LogP contribution < -0.4 is 19.1 Å². The number of carbonyl (C=O) groups excluding carboxylic acids is 1. The summed E-state index contributed by atoms with van der Waals surface area (Å²) in [5.74, 6) is 0.817. The number of aryl methyl sites for hydroxylation is 2. The standard InChI is InChI=1S/C24H22N2O5S/c1-16-4-9-20(10-5-16)32(28,29)26-12-2-3-17-6-8-19(14-21(17)26)25-24(27)18-7-11-22-23(13-18)31-15-30-22/h4-11,13-14H,2-3,12,15H2,1H3,(H,25,27). The molecular formula is C24H22N2O5S. The van der Waals surface area contributed by atoms with E-state index in [-0.39, 0.29) is 17.6 Å². The summed E-state index contributed by atoms with van der Waals surface area (Å²) >= 11 is 0. The summed E-state index contributed by atoms with van der Waals surface area (Å²) < 4.78 is 38.7. The number of anilines is 2. The van der Waals surface area contributed by atoms with E-state index < -0.39 is 10.0 Å². The van der Waals surface area contributed by atoms with Crippen LogP contribution in [0.3, 0.4) is 0 Å². The monoisotopic (exact) mass is 450 g/mol. The van der Waals surface area contributed by atoms with Gasteiger partial charge < -0.3 is 14.8 Å². The van der Waals surface area contributed by atoms with E-state index in [0.717, 1.165) is 24.0 Å². The van der Waals surface area contributed by atoms with Gasteiger partial charge in [-0.25, -0.2) is 8.42 Å². The van der Waals surface area contributed by atoms with Gasteiger partial charge in [0.05, 0.1) is 10.6 Å². The van der Waals surface area contributed by atoms with Crippen molar-refractivity contribution in [3.05, 3.63) is 77.4 Å². The van der Waals surface area contributed by atoms with Crippen LogP contribution in [0.2, 0.25) is 0 Å². The minimum absolute atomic E-state index is 0.135. The molecule has 0 aromatic heterocycles. The van der Waals surface area contributed by atoms with E-state index in [2.05, 4.69) is 5.32 Å². The molecule has 0 spiro atoms. The van der Waals surface area contributed by atoms with Crippen LogP contribution in [0.1, 0.15) is 27.9 Å². The highest BCUT2D eigenvalue weighted by molar-refractivity contribution is 7.92. The van der Waals surface area contributed by atoms with Crippen molar-refractivity contribution in [1.29, 1.82) is 0 Å². The Morgan fingerprint density at radius 2 is 1.75 bits per heavy atom. The average Bonchev–Trinajstić information content (AvgIpc) is 3.27. The molecule has 0 unspecified atom stereocenters. The van der Waals surface area contributed by atoms with Gasteiger partial charge in [0.15, 0.2) is 11.5 Å². The number of nitrogens with zero attached hydrogens (tertiary/aromatic N) is 1. The number of ether oxygens (including phenoxy) is 2. The maximum absolute atomic E-state index is 13.3. The summed E-state index contributed by atoms with van der Waals surface area (Å²) in [4.78, 5) is 13.0. The molecule has 3 aromatic rings. The van der Waals surface area contributed by atoms with Crippen molar-refractivity contribution in [2.24, 2.45) is 0 Å².